The fourth-order valence-electron chi connectivity index (χ4n) is 0.656. The summed E-state index contributed by atoms with van der Waals surface area (Å²) in [6, 6.07) is 0. The van der Waals surface area contributed by atoms with E-state index in [9.17, 15) is 5.21 Å². The SMILES string of the molecule is Clc1nccnc1Cl.[O-][n+]1ccnc(Cl)c1. The quantitative estimate of drug-likeness (QED) is 0.547. The molecule has 0 aliphatic carbocycles. The molecular weight excluding hydrogens is 274 g/mol. The van der Waals surface area contributed by atoms with E-state index >= 15 is 0 Å². The normalized spacial score (nSPS) is 9.19. The molecule has 2 rings (SSSR count). The van der Waals surface area contributed by atoms with Gasteiger partial charge in [-0.15, -0.1) is 0 Å². The molecule has 0 aromatic carbocycles. The molecule has 0 aliphatic heterocycles. The van der Waals surface area contributed by atoms with Gasteiger partial charge >= 0.3 is 0 Å². The molecule has 0 atom stereocenters. The van der Waals surface area contributed by atoms with Gasteiger partial charge in [-0.1, -0.05) is 34.8 Å². The van der Waals surface area contributed by atoms with Gasteiger partial charge in [0, 0.05) is 12.4 Å². The van der Waals surface area contributed by atoms with Crippen LogP contribution in [0.1, 0.15) is 0 Å². The molecule has 0 amide bonds. The number of hydrogen-bond acceptors (Lipinski definition) is 4. The van der Waals surface area contributed by atoms with Crippen LogP contribution in [0, 0.1) is 5.21 Å². The molecule has 0 saturated heterocycles. The minimum atomic E-state index is 0.211. The van der Waals surface area contributed by atoms with E-state index in [-0.39, 0.29) is 15.5 Å². The number of nitrogens with zero attached hydrogens (tertiary/aromatic N) is 4. The van der Waals surface area contributed by atoms with E-state index in [1.807, 2.05) is 0 Å². The molecule has 0 aliphatic rings. The Morgan fingerprint density at radius 2 is 1.50 bits per heavy atom. The third kappa shape index (κ3) is 4.57. The van der Waals surface area contributed by atoms with Crippen LogP contribution < -0.4 is 4.73 Å². The Hall–Kier alpha value is -1.17. The summed E-state index contributed by atoms with van der Waals surface area (Å²) in [5.41, 5.74) is 0. The van der Waals surface area contributed by atoms with Gasteiger partial charge in [0.15, 0.2) is 21.7 Å². The van der Waals surface area contributed by atoms with Crippen LogP contribution >= 0.6 is 34.8 Å². The summed E-state index contributed by atoms with van der Waals surface area (Å²) >= 11 is 16.1. The van der Waals surface area contributed by atoms with E-state index in [2.05, 4.69) is 15.0 Å². The highest BCUT2D eigenvalue weighted by molar-refractivity contribution is 6.40. The summed E-state index contributed by atoms with van der Waals surface area (Å²) in [6.07, 6.45) is 6.76. The second kappa shape index (κ2) is 6.42. The van der Waals surface area contributed by atoms with Gasteiger partial charge in [-0.2, -0.15) is 4.73 Å². The molecule has 84 valence electrons. The van der Waals surface area contributed by atoms with Crippen molar-refractivity contribution in [1.29, 1.82) is 0 Å². The first-order valence-corrected chi connectivity index (χ1v) is 5.05. The smallest absolute Gasteiger partial charge is 0.217 e. The highest BCUT2D eigenvalue weighted by Crippen LogP contribution is 2.12. The Balaban J connectivity index is 0.000000160. The fourth-order valence-corrected chi connectivity index (χ4v) is 1.02. The zero-order valence-corrected chi connectivity index (χ0v) is 9.99. The molecule has 0 fully saturated rings. The second-order valence-electron chi connectivity index (χ2n) is 2.38. The molecule has 0 spiro atoms. The van der Waals surface area contributed by atoms with Crippen LogP contribution in [0.3, 0.4) is 0 Å². The van der Waals surface area contributed by atoms with E-state index in [1.54, 1.807) is 0 Å². The third-order valence-electron chi connectivity index (χ3n) is 1.26. The molecule has 0 saturated carbocycles. The highest BCUT2D eigenvalue weighted by Gasteiger charge is 1.93. The van der Waals surface area contributed by atoms with Crippen LogP contribution in [-0.4, -0.2) is 15.0 Å². The van der Waals surface area contributed by atoms with Crippen molar-refractivity contribution < 1.29 is 4.73 Å². The van der Waals surface area contributed by atoms with Crippen molar-refractivity contribution in [2.24, 2.45) is 0 Å². The average Bonchev–Trinajstić information content (AvgIpc) is 2.23. The Labute approximate surface area is 106 Å². The number of hydrogen-bond donors (Lipinski definition) is 0. The molecule has 2 aromatic heterocycles. The van der Waals surface area contributed by atoms with E-state index < -0.39 is 0 Å². The molecule has 0 radical (unpaired) electrons. The van der Waals surface area contributed by atoms with Gasteiger partial charge in [-0.05, 0) is 0 Å². The van der Waals surface area contributed by atoms with Crippen molar-refractivity contribution >= 4 is 34.8 Å². The lowest BCUT2D eigenvalue weighted by Gasteiger charge is -1.90. The largest absolute Gasteiger partial charge is 0.619 e. The van der Waals surface area contributed by atoms with Crippen molar-refractivity contribution in [3.8, 4) is 0 Å². The highest BCUT2D eigenvalue weighted by atomic mass is 35.5. The Kier molecular flexibility index (Phi) is 5.18. The maximum atomic E-state index is 10.3. The number of halogens is 3. The molecule has 0 N–H and O–H groups in total. The molecule has 16 heavy (non-hydrogen) atoms. The fraction of sp³-hybridized carbons (Fsp3) is 0. The van der Waals surface area contributed by atoms with Gasteiger partial charge < -0.3 is 5.21 Å². The first-order chi connectivity index (χ1) is 7.59. The lowest BCUT2D eigenvalue weighted by atomic mass is 10.8. The van der Waals surface area contributed by atoms with Gasteiger partial charge in [0.25, 0.3) is 0 Å². The Bertz CT molecular complexity index is 430. The molecule has 2 aromatic rings. The molecule has 2 heterocycles. The van der Waals surface area contributed by atoms with Crippen molar-refractivity contribution in [3.63, 3.8) is 0 Å². The summed E-state index contributed by atoms with van der Waals surface area (Å²) < 4.78 is 0.593. The summed E-state index contributed by atoms with van der Waals surface area (Å²) in [5.74, 6) is 0. The van der Waals surface area contributed by atoms with Crippen LogP contribution in [0.5, 0.6) is 0 Å². The van der Waals surface area contributed by atoms with E-state index in [0.29, 0.717) is 4.73 Å². The predicted octanol–water partition coefficient (Wildman–Crippen LogP) is 2.15. The summed E-state index contributed by atoms with van der Waals surface area (Å²) in [4.78, 5) is 10.9. The maximum Gasteiger partial charge on any atom is 0.217 e. The van der Waals surface area contributed by atoms with Crippen molar-refractivity contribution in [3.05, 3.63) is 51.7 Å². The monoisotopic (exact) mass is 278 g/mol. The predicted molar refractivity (Wildman–Crippen MR) is 60.3 cm³/mol. The van der Waals surface area contributed by atoms with Crippen LogP contribution in [-0.2, 0) is 0 Å². The second-order valence-corrected chi connectivity index (χ2v) is 3.48. The number of rotatable bonds is 0. The molecular formula is C8H5Cl3N4O. The Morgan fingerprint density at radius 1 is 0.938 bits per heavy atom. The van der Waals surface area contributed by atoms with E-state index in [0.717, 1.165) is 0 Å². The summed E-state index contributed by atoms with van der Waals surface area (Å²) in [7, 11) is 0. The van der Waals surface area contributed by atoms with Gasteiger partial charge in [0.05, 0.1) is 6.20 Å². The first-order valence-electron chi connectivity index (χ1n) is 3.92. The lowest BCUT2D eigenvalue weighted by Crippen LogP contribution is -2.24. The molecule has 8 heteroatoms. The van der Waals surface area contributed by atoms with Gasteiger partial charge in [0.2, 0.25) is 6.20 Å². The van der Waals surface area contributed by atoms with E-state index in [1.165, 1.54) is 31.0 Å². The molecule has 0 bridgehead atoms. The minimum absolute atomic E-state index is 0.211. The topological polar surface area (TPSA) is 65.6 Å². The van der Waals surface area contributed by atoms with Crippen molar-refractivity contribution in [1.82, 2.24) is 15.0 Å². The van der Waals surface area contributed by atoms with Crippen molar-refractivity contribution in [2.45, 2.75) is 0 Å². The average molecular weight is 280 g/mol. The van der Waals surface area contributed by atoms with Crippen LogP contribution in [0.15, 0.2) is 31.0 Å². The van der Waals surface area contributed by atoms with Gasteiger partial charge in [-0.25, -0.2) is 15.0 Å². The van der Waals surface area contributed by atoms with Crippen LogP contribution in [0.4, 0.5) is 0 Å². The Morgan fingerprint density at radius 3 is 1.81 bits per heavy atom. The van der Waals surface area contributed by atoms with Gasteiger partial charge in [-0.3, -0.25) is 0 Å². The van der Waals surface area contributed by atoms with E-state index in [4.69, 9.17) is 34.8 Å². The summed E-state index contributed by atoms with van der Waals surface area (Å²) in [6.45, 7) is 0. The lowest BCUT2D eigenvalue weighted by molar-refractivity contribution is -0.605. The van der Waals surface area contributed by atoms with Crippen LogP contribution in [0.25, 0.3) is 0 Å². The van der Waals surface area contributed by atoms with Gasteiger partial charge in [0.1, 0.15) is 0 Å². The minimum Gasteiger partial charge on any atom is -0.619 e. The maximum absolute atomic E-state index is 10.3. The molecule has 0 unspecified atom stereocenters. The summed E-state index contributed by atoms with van der Waals surface area (Å²) in [5, 5.41) is 11.0. The zero-order valence-electron chi connectivity index (χ0n) is 7.72. The van der Waals surface area contributed by atoms with Crippen molar-refractivity contribution in [2.75, 3.05) is 0 Å². The van der Waals surface area contributed by atoms with Crippen LogP contribution in [0.2, 0.25) is 15.5 Å². The third-order valence-corrected chi connectivity index (χ3v) is 2.10. The molecule has 5 nitrogen and oxygen atoms in total. The first kappa shape index (κ1) is 12.9. The zero-order chi connectivity index (χ0) is 12.0. The standard InChI is InChI=1S/C4H2Cl2N2.C4H3ClN2O/c5-3-4(6)8-2-1-7-3;5-4-3-7(8)2-1-6-4/h1-2H;1-3H. The number of aromatic nitrogens is 4.